The van der Waals surface area contributed by atoms with Crippen LogP contribution < -0.4 is 16.9 Å². The van der Waals surface area contributed by atoms with Crippen LogP contribution in [0.2, 0.25) is 0 Å². The van der Waals surface area contributed by atoms with Crippen LogP contribution >= 0.6 is 0 Å². The highest BCUT2D eigenvalue weighted by atomic mass is 16.2. The van der Waals surface area contributed by atoms with Gasteiger partial charge in [0.1, 0.15) is 0 Å². The molecule has 5 N–H and O–H groups in total. The van der Waals surface area contributed by atoms with Crippen molar-refractivity contribution in [2.75, 3.05) is 33.2 Å². The molecule has 14 heavy (non-hydrogen) atoms. The van der Waals surface area contributed by atoms with Gasteiger partial charge in [0.25, 0.3) is 0 Å². The molecular formula is C8H17N5O. The molecule has 0 unspecified atom stereocenters. The van der Waals surface area contributed by atoms with Crippen molar-refractivity contribution in [1.29, 1.82) is 0 Å². The minimum absolute atomic E-state index is 0.0762. The van der Waals surface area contributed by atoms with Gasteiger partial charge in [-0.25, -0.2) is 5.84 Å². The van der Waals surface area contributed by atoms with E-state index in [1.54, 1.807) is 18.1 Å². The summed E-state index contributed by atoms with van der Waals surface area (Å²) in [6.45, 7) is 2.35. The number of carbonyl (C=O) groups excluding carboxylic acids is 1. The van der Waals surface area contributed by atoms with Crippen molar-refractivity contribution in [3.8, 4) is 0 Å². The van der Waals surface area contributed by atoms with E-state index in [1.165, 1.54) is 5.01 Å². The van der Waals surface area contributed by atoms with Crippen molar-refractivity contribution in [2.45, 2.75) is 0 Å². The molecule has 80 valence electrons. The van der Waals surface area contributed by atoms with Crippen LogP contribution in [0.1, 0.15) is 0 Å². The Kier molecular flexibility index (Phi) is 3.73. The van der Waals surface area contributed by atoms with E-state index in [0.29, 0.717) is 25.3 Å². The Hall–Kier alpha value is -1.27. The Morgan fingerprint density at radius 3 is 3.07 bits per heavy atom. The lowest BCUT2D eigenvalue weighted by Crippen LogP contribution is -2.49. The van der Waals surface area contributed by atoms with Crippen molar-refractivity contribution < 1.29 is 4.79 Å². The number of nitrogens with one attached hydrogen (secondary N) is 1. The summed E-state index contributed by atoms with van der Waals surface area (Å²) in [4.78, 5) is 13.1. The third-order valence-corrected chi connectivity index (χ3v) is 1.93. The monoisotopic (exact) mass is 199 g/mol. The fourth-order valence-electron chi connectivity index (χ4n) is 1.34. The van der Waals surface area contributed by atoms with Gasteiger partial charge in [-0.15, -0.1) is 0 Å². The lowest BCUT2D eigenvalue weighted by Gasteiger charge is -2.27. The van der Waals surface area contributed by atoms with Crippen LogP contribution in [0.5, 0.6) is 0 Å². The van der Waals surface area contributed by atoms with Gasteiger partial charge in [-0.1, -0.05) is 0 Å². The van der Waals surface area contributed by atoms with Gasteiger partial charge in [0.05, 0.1) is 13.1 Å². The number of amides is 1. The van der Waals surface area contributed by atoms with Crippen LogP contribution in [0.15, 0.2) is 11.9 Å². The third-order valence-electron chi connectivity index (χ3n) is 1.93. The van der Waals surface area contributed by atoms with Gasteiger partial charge in [-0.05, 0) is 0 Å². The first-order chi connectivity index (χ1) is 6.59. The van der Waals surface area contributed by atoms with Gasteiger partial charge in [-0.3, -0.25) is 4.79 Å². The molecule has 0 bridgehead atoms. The topological polar surface area (TPSA) is 87.6 Å². The molecule has 1 aliphatic rings. The fourth-order valence-corrected chi connectivity index (χ4v) is 1.34. The normalized spacial score (nSPS) is 18.6. The van der Waals surface area contributed by atoms with Gasteiger partial charge >= 0.3 is 0 Å². The minimum atomic E-state index is 0.0762. The molecule has 1 saturated heterocycles. The smallest absolute Gasteiger partial charge is 0.236 e. The third kappa shape index (κ3) is 3.23. The van der Waals surface area contributed by atoms with Gasteiger partial charge in [0.15, 0.2) is 0 Å². The van der Waals surface area contributed by atoms with E-state index in [-0.39, 0.29) is 5.91 Å². The molecule has 6 nitrogen and oxygen atoms in total. The Balaban J connectivity index is 2.46. The molecule has 1 aliphatic heterocycles. The Morgan fingerprint density at radius 2 is 2.50 bits per heavy atom. The molecular weight excluding hydrogens is 182 g/mol. The lowest BCUT2D eigenvalue weighted by atomic mass is 10.3. The molecule has 0 aromatic rings. The van der Waals surface area contributed by atoms with Gasteiger partial charge < -0.3 is 21.0 Å². The number of carbonyl (C=O) groups is 1. The molecule has 1 fully saturated rings. The largest absolute Gasteiger partial charge is 0.399 e. The van der Waals surface area contributed by atoms with Gasteiger partial charge in [0, 0.05) is 32.0 Å². The summed E-state index contributed by atoms with van der Waals surface area (Å²) < 4.78 is 0. The number of hydrogen-bond acceptors (Lipinski definition) is 5. The van der Waals surface area contributed by atoms with Crippen molar-refractivity contribution in [2.24, 2.45) is 11.6 Å². The molecule has 0 aromatic carbocycles. The Bertz CT molecular complexity index is 238. The Labute approximate surface area is 83.5 Å². The summed E-state index contributed by atoms with van der Waals surface area (Å²) in [5.74, 6) is 5.47. The summed E-state index contributed by atoms with van der Waals surface area (Å²) in [6.07, 6.45) is 1.61. The highest BCUT2D eigenvalue weighted by Crippen LogP contribution is 1.97. The quantitative estimate of drug-likeness (QED) is 0.362. The first-order valence-electron chi connectivity index (χ1n) is 4.52. The van der Waals surface area contributed by atoms with Crippen LogP contribution in [0.3, 0.4) is 0 Å². The second-order valence-electron chi connectivity index (χ2n) is 3.36. The molecule has 0 aliphatic carbocycles. The second kappa shape index (κ2) is 4.83. The molecule has 1 heterocycles. The molecule has 1 amide bonds. The average molecular weight is 199 g/mol. The maximum absolute atomic E-state index is 11.4. The molecule has 1 rings (SSSR count). The molecule has 0 radical (unpaired) electrons. The zero-order valence-electron chi connectivity index (χ0n) is 8.36. The summed E-state index contributed by atoms with van der Waals surface area (Å²) in [5, 5.41) is 4.37. The highest BCUT2D eigenvalue weighted by Gasteiger charge is 2.17. The number of hydrazine groups is 1. The Morgan fingerprint density at radius 1 is 1.79 bits per heavy atom. The van der Waals surface area contributed by atoms with Crippen molar-refractivity contribution in [1.82, 2.24) is 15.2 Å². The summed E-state index contributed by atoms with van der Waals surface area (Å²) >= 11 is 0. The highest BCUT2D eigenvalue weighted by molar-refractivity contribution is 5.79. The van der Waals surface area contributed by atoms with E-state index in [0.717, 1.165) is 6.54 Å². The van der Waals surface area contributed by atoms with E-state index in [2.05, 4.69) is 5.32 Å². The maximum atomic E-state index is 11.4. The maximum Gasteiger partial charge on any atom is 0.236 e. The van der Waals surface area contributed by atoms with Crippen LogP contribution in [-0.4, -0.2) is 49.0 Å². The van der Waals surface area contributed by atoms with E-state index in [4.69, 9.17) is 11.6 Å². The number of rotatable bonds is 3. The molecule has 0 saturated carbocycles. The zero-order chi connectivity index (χ0) is 10.6. The van der Waals surface area contributed by atoms with Crippen LogP contribution in [-0.2, 0) is 4.79 Å². The number of nitrogens with zero attached hydrogens (tertiary/aromatic N) is 2. The SMILES string of the molecule is CN(N)/C=C(\N)CN1CCNCC1=O. The van der Waals surface area contributed by atoms with E-state index < -0.39 is 0 Å². The molecule has 6 heteroatoms. The van der Waals surface area contributed by atoms with Crippen LogP contribution in [0, 0.1) is 0 Å². The predicted octanol–water partition coefficient (Wildman–Crippen LogP) is -1.98. The predicted molar refractivity (Wildman–Crippen MR) is 53.7 cm³/mol. The summed E-state index contributed by atoms with van der Waals surface area (Å²) in [7, 11) is 1.69. The van der Waals surface area contributed by atoms with Gasteiger partial charge in [-0.2, -0.15) is 0 Å². The number of piperazine rings is 1. The van der Waals surface area contributed by atoms with E-state index in [1.807, 2.05) is 0 Å². The van der Waals surface area contributed by atoms with Gasteiger partial charge in [0.2, 0.25) is 5.91 Å². The molecule has 0 spiro atoms. The van der Waals surface area contributed by atoms with E-state index >= 15 is 0 Å². The summed E-state index contributed by atoms with van der Waals surface area (Å²) in [5.41, 5.74) is 6.28. The number of hydrogen-bond donors (Lipinski definition) is 3. The first kappa shape index (κ1) is 10.8. The number of nitrogens with two attached hydrogens (primary N) is 2. The minimum Gasteiger partial charge on any atom is -0.399 e. The zero-order valence-corrected chi connectivity index (χ0v) is 8.36. The van der Waals surface area contributed by atoms with E-state index in [9.17, 15) is 4.79 Å². The van der Waals surface area contributed by atoms with Crippen LogP contribution in [0.25, 0.3) is 0 Å². The van der Waals surface area contributed by atoms with Crippen molar-refractivity contribution in [3.05, 3.63) is 11.9 Å². The first-order valence-corrected chi connectivity index (χ1v) is 4.52. The second-order valence-corrected chi connectivity index (χ2v) is 3.36. The summed E-state index contributed by atoms with van der Waals surface area (Å²) in [6, 6.07) is 0. The van der Waals surface area contributed by atoms with Crippen molar-refractivity contribution >= 4 is 5.91 Å². The fraction of sp³-hybridized carbons (Fsp3) is 0.625. The molecule has 0 aromatic heterocycles. The lowest BCUT2D eigenvalue weighted by molar-refractivity contribution is -0.131. The standard InChI is InChI=1S/C8H17N5O/c1-12(10)5-7(9)6-13-3-2-11-4-8(13)14/h5,11H,2-4,6,9-10H2,1H3/b7-5-. The van der Waals surface area contributed by atoms with Crippen molar-refractivity contribution in [3.63, 3.8) is 0 Å². The molecule has 0 atom stereocenters. The average Bonchev–Trinajstić information content (AvgIpc) is 2.07. The van der Waals surface area contributed by atoms with Crippen LogP contribution in [0.4, 0.5) is 0 Å².